The predicted octanol–water partition coefficient (Wildman–Crippen LogP) is 5.08. The third-order valence-corrected chi connectivity index (χ3v) is 3.92. The van der Waals surface area contributed by atoms with Crippen LogP contribution in [0.2, 0.25) is 0 Å². The molecule has 1 heterocycles. The fourth-order valence-corrected chi connectivity index (χ4v) is 2.63. The third-order valence-electron chi connectivity index (χ3n) is 3.92. The van der Waals surface area contributed by atoms with Gasteiger partial charge in [-0.1, -0.05) is 19.8 Å². The van der Waals surface area contributed by atoms with Crippen molar-refractivity contribution < 1.29 is 9.18 Å². The second-order valence-electron chi connectivity index (χ2n) is 5.94. The van der Waals surface area contributed by atoms with E-state index in [4.69, 9.17) is 0 Å². The number of halogens is 1. The number of carbonyl (C=O) groups is 1. The van der Waals surface area contributed by atoms with Crippen LogP contribution in [0.5, 0.6) is 0 Å². The van der Waals surface area contributed by atoms with Crippen LogP contribution in [0.3, 0.4) is 0 Å². The zero-order valence-corrected chi connectivity index (χ0v) is 13.8. The molecule has 23 heavy (non-hydrogen) atoms. The second kappa shape index (κ2) is 9.23. The number of aromatic amines is 1. The van der Waals surface area contributed by atoms with E-state index in [1.807, 2.05) is 13.1 Å². The van der Waals surface area contributed by atoms with Gasteiger partial charge in [-0.3, -0.25) is 4.79 Å². The zero-order chi connectivity index (χ0) is 16.5. The lowest BCUT2D eigenvalue weighted by Gasteiger charge is -2.00. The SMILES string of the molecule is CCCC(=O)CCCCCCc1nc(-c2ccc(F)cc2)c[nH]1. The van der Waals surface area contributed by atoms with Gasteiger partial charge in [0, 0.05) is 31.0 Å². The van der Waals surface area contributed by atoms with Crippen LogP contribution in [0.1, 0.15) is 57.7 Å². The van der Waals surface area contributed by atoms with Crippen LogP contribution >= 0.6 is 0 Å². The van der Waals surface area contributed by atoms with Crippen molar-refractivity contribution in [3.05, 3.63) is 42.1 Å². The van der Waals surface area contributed by atoms with E-state index in [1.165, 1.54) is 12.1 Å². The van der Waals surface area contributed by atoms with Crippen molar-refractivity contribution in [3.63, 3.8) is 0 Å². The van der Waals surface area contributed by atoms with Gasteiger partial charge in [-0.15, -0.1) is 0 Å². The summed E-state index contributed by atoms with van der Waals surface area (Å²) >= 11 is 0. The van der Waals surface area contributed by atoms with E-state index in [1.54, 1.807) is 12.1 Å². The van der Waals surface area contributed by atoms with Crippen LogP contribution in [0.15, 0.2) is 30.5 Å². The highest BCUT2D eigenvalue weighted by Crippen LogP contribution is 2.18. The van der Waals surface area contributed by atoms with Gasteiger partial charge in [-0.25, -0.2) is 9.37 Å². The lowest BCUT2D eigenvalue weighted by Crippen LogP contribution is -1.96. The van der Waals surface area contributed by atoms with Gasteiger partial charge in [0.25, 0.3) is 0 Å². The lowest BCUT2D eigenvalue weighted by molar-refractivity contribution is -0.119. The number of aromatic nitrogens is 2. The maximum Gasteiger partial charge on any atom is 0.132 e. The molecule has 0 unspecified atom stereocenters. The minimum atomic E-state index is -0.234. The summed E-state index contributed by atoms with van der Waals surface area (Å²) in [5.74, 6) is 1.12. The average Bonchev–Trinajstić information content (AvgIpc) is 3.00. The number of ketones is 1. The van der Waals surface area contributed by atoms with Gasteiger partial charge in [0.05, 0.1) is 5.69 Å². The first-order valence-electron chi connectivity index (χ1n) is 8.51. The molecule has 0 atom stereocenters. The number of H-pyrrole nitrogens is 1. The molecule has 0 radical (unpaired) electrons. The standard InChI is InChI=1S/C19H25FN2O/c1-2-7-17(23)8-5-3-4-6-9-19-21-14-18(22-19)15-10-12-16(20)13-11-15/h10-14H,2-9H2,1H3,(H,21,22). The van der Waals surface area contributed by atoms with E-state index in [0.29, 0.717) is 5.78 Å². The molecule has 124 valence electrons. The normalized spacial score (nSPS) is 10.9. The van der Waals surface area contributed by atoms with E-state index in [2.05, 4.69) is 9.97 Å². The zero-order valence-electron chi connectivity index (χ0n) is 13.8. The number of unbranched alkanes of at least 4 members (excludes halogenated alkanes) is 3. The number of rotatable bonds is 10. The minimum absolute atomic E-state index is 0.234. The van der Waals surface area contributed by atoms with Crippen LogP contribution < -0.4 is 0 Å². The highest BCUT2D eigenvalue weighted by Gasteiger charge is 2.04. The van der Waals surface area contributed by atoms with Crippen molar-refractivity contribution >= 4 is 5.78 Å². The van der Waals surface area contributed by atoms with Crippen molar-refractivity contribution in [2.75, 3.05) is 0 Å². The highest BCUT2D eigenvalue weighted by atomic mass is 19.1. The first kappa shape index (κ1) is 17.4. The maximum absolute atomic E-state index is 12.9. The van der Waals surface area contributed by atoms with Gasteiger partial charge >= 0.3 is 0 Å². The van der Waals surface area contributed by atoms with Gasteiger partial charge in [-0.05, 0) is 43.5 Å². The second-order valence-corrected chi connectivity index (χ2v) is 5.94. The number of hydrogen-bond acceptors (Lipinski definition) is 2. The summed E-state index contributed by atoms with van der Waals surface area (Å²) in [6.07, 6.45) is 9.45. The summed E-state index contributed by atoms with van der Waals surface area (Å²) in [7, 11) is 0. The van der Waals surface area contributed by atoms with Gasteiger partial charge in [-0.2, -0.15) is 0 Å². The molecule has 2 aromatic rings. The molecule has 0 aliphatic rings. The van der Waals surface area contributed by atoms with Crippen LogP contribution in [0, 0.1) is 5.82 Å². The van der Waals surface area contributed by atoms with Crippen LogP contribution in [-0.2, 0) is 11.2 Å². The Labute approximate surface area is 137 Å². The van der Waals surface area contributed by atoms with Crippen LogP contribution in [0.4, 0.5) is 4.39 Å². The molecule has 2 rings (SSSR count). The Morgan fingerprint density at radius 3 is 2.57 bits per heavy atom. The number of carbonyl (C=O) groups excluding carboxylic acids is 1. The monoisotopic (exact) mass is 316 g/mol. The Bertz CT molecular complexity index is 604. The van der Waals surface area contributed by atoms with E-state index in [0.717, 1.165) is 68.4 Å². The van der Waals surface area contributed by atoms with E-state index in [-0.39, 0.29) is 5.82 Å². The van der Waals surface area contributed by atoms with Crippen LogP contribution in [-0.4, -0.2) is 15.8 Å². The summed E-state index contributed by atoms with van der Waals surface area (Å²) in [5, 5.41) is 0. The molecule has 0 aliphatic heterocycles. The molecule has 1 aromatic heterocycles. The van der Waals surface area contributed by atoms with Gasteiger partial charge < -0.3 is 4.98 Å². The number of nitrogens with one attached hydrogen (secondary N) is 1. The molecule has 0 saturated heterocycles. The van der Waals surface area contributed by atoms with Gasteiger partial charge in [0.2, 0.25) is 0 Å². The highest BCUT2D eigenvalue weighted by molar-refractivity contribution is 5.78. The number of hydrogen-bond donors (Lipinski definition) is 1. The number of nitrogens with zero attached hydrogens (tertiary/aromatic N) is 1. The average molecular weight is 316 g/mol. The Hall–Kier alpha value is -1.97. The number of imidazole rings is 1. The largest absolute Gasteiger partial charge is 0.348 e. The topological polar surface area (TPSA) is 45.8 Å². The van der Waals surface area contributed by atoms with Crippen molar-refractivity contribution in [2.45, 2.75) is 58.3 Å². The molecule has 4 heteroatoms. The quantitative estimate of drug-likeness (QED) is 0.621. The summed E-state index contributed by atoms with van der Waals surface area (Å²) in [6.45, 7) is 2.04. The molecule has 0 amide bonds. The van der Waals surface area contributed by atoms with Crippen LogP contribution in [0.25, 0.3) is 11.3 Å². The Morgan fingerprint density at radius 2 is 1.83 bits per heavy atom. The Balaban J connectivity index is 1.67. The number of aryl methyl sites for hydroxylation is 1. The fourth-order valence-electron chi connectivity index (χ4n) is 2.63. The van der Waals surface area contributed by atoms with E-state index < -0.39 is 0 Å². The van der Waals surface area contributed by atoms with Crippen molar-refractivity contribution in [1.82, 2.24) is 9.97 Å². The Kier molecular flexibility index (Phi) is 6.98. The molecule has 0 saturated carbocycles. The van der Waals surface area contributed by atoms with Gasteiger partial charge in [0.15, 0.2) is 0 Å². The lowest BCUT2D eigenvalue weighted by atomic mass is 10.1. The molecule has 3 nitrogen and oxygen atoms in total. The molecule has 1 aromatic carbocycles. The summed E-state index contributed by atoms with van der Waals surface area (Å²) in [4.78, 5) is 19.2. The summed E-state index contributed by atoms with van der Waals surface area (Å²) in [5.41, 5.74) is 1.77. The molecular formula is C19H25FN2O. The van der Waals surface area contributed by atoms with Gasteiger partial charge in [0.1, 0.15) is 17.4 Å². The molecule has 0 spiro atoms. The fraction of sp³-hybridized carbons (Fsp3) is 0.474. The summed E-state index contributed by atoms with van der Waals surface area (Å²) < 4.78 is 12.9. The molecule has 0 fully saturated rings. The smallest absolute Gasteiger partial charge is 0.132 e. The summed E-state index contributed by atoms with van der Waals surface area (Å²) in [6, 6.07) is 6.37. The molecule has 0 bridgehead atoms. The van der Waals surface area contributed by atoms with E-state index in [9.17, 15) is 9.18 Å². The molecule has 1 N–H and O–H groups in total. The first-order valence-corrected chi connectivity index (χ1v) is 8.51. The minimum Gasteiger partial charge on any atom is -0.348 e. The Morgan fingerprint density at radius 1 is 1.09 bits per heavy atom. The van der Waals surface area contributed by atoms with Crippen molar-refractivity contribution in [1.29, 1.82) is 0 Å². The maximum atomic E-state index is 12.9. The number of Topliss-reactive ketones (excluding diaryl/α,β-unsaturated/α-hetero) is 1. The molecular weight excluding hydrogens is 291 g/mol. The molecule has 0 aliphatic carbocycles. The third kappa shape index (κ3) is 5.97. The first-order chi connectivity index (χ1) is 11.2. The number of benzene rings is 1. The predicted molar refractivity (Wildman–Crippen MR) is 90.7 cm³/mol. The van der Waals surface area contributed by atoms with Crippen molar-refractivity contribution in [3.8, 4) is 11.3 Å². The van der Waals surface area contributed by atoms with Crippen molar-refractivity contribution in [2.24, 2.45) is 0 Å². The van der Waals surface area contributed by atoms with E-state index >= 15 is 0 Å².